The number of carbonyl (C=O) groups excluding carboxylic acids is 1. The van der Waals surface area contributed by atoms with Gasteiger partial charge in [-0.2, -0.15) is 14.8 Å². The zero-order valence-corrected chi connectivity index (χ0v) is 9.69. The van der Waals surface area contributed by atoms with Crippen LogP contribution in [0.25, 0.3) is 6.01 Å². The maximum absolute atomic E-state index is 11.6. The number of hydrogen-bond acceptors (Lipinski definition) is 5. The third kappa shape index (κ3) is 2.08. The number of amides is 1. The highest BCUT2D eigenvalue weighted by Crippen LogP contribution is 2.08. The summed E-state index contributed by atoms with van der Waals surface area (Å²) in [6.07, 6.45) is 2.47. The van der Waals surface area contributed by atoms with Gasteiger partial charge in [-0.05, 0) is 6.07 Å². The summed E-state index contributed by atoms with van der Waals surface area (Å²) in [5.41, 5.74) is -0.00365. The van der Waals surface area contributed by atoms with E-state index >= 15 is 0 Å². The lowest BCUT2D eigenvalue weighted by atomic mass is 10.4. The molecular formula is C10H10N4O4. The minimum atomic E-state index is -1.19. The van der Waals surface area contributed by atoms with Gasteiger partial charge in [0.25, 0.3) is 5.91 Å². The zero-order chi connectivity index (χ0) is 13.3. The number of oxazole rings is 1. The van der Waals surface area contributed by atoms with Crippen molar-refractivity contribution >= 4 is 11.9 Å². The maximum Gasteiger partial charge on any atom is 0.357 e. The van der Waals surface area contributed by atoms with Crippen LogP contribution in [-0.4, -0.2) is 50.7 Å². The standard InChI is InChI=1S/C10H10N4O4/c1-13(2)8(15)6-3-4-14(12-6)10-11-7(5-18-10)9(16)17/h3-5H,1-2H3,(H,16,17). The van der Waals surface area contributed by atoms with Gasteiger partial charge in [0.05, 0.1) is 0 Å². The molecule has 2 heterocycles. The van der Waals surface area contributed by atoms with Gasteiger partial charge in [-0.3, -0.25) is 4.79 Å². The Kier molecular flexibility index (Phi) is 2.84. The quantitative estimate of drug-likeness (QED) is 0.838. The minimum absolute atomic E-state index is 0.00907. The van der Waals surface area contributed by atoms with Crippen molar-refractivity contribution in [3.05, 3.63) is 29.9 Å². The molecule has 18 heavy (non-hydrogen) atoms. The molecule has 2 aromatic heterocycles. The second kappa shape index (κ2) is 4.32. The molecule has 0 fully saturated rings. The summed E-state index contributed by atoms with van der Waals surface area (Å²) in [4.78, 5) is 27.3. The van der Waals surface area contributed by atoms with Crippen LogP contribution < -0.4 is 0 Å². The summed E-state index contributed by atoms with van der Waals surface area (Å²) in [6, 6.07) is 1.48. The normalized spacial score (nSPS) is 10.3. The SMILES string of the molecule is CN(C)C(=O)c1ccn(-c2nc(C(=O)O)co2)n1. The summed E-state index contributed by atoms with van der Waals surface area (Å²) in [6.45, 7) is 0. The minimum Gasteiger partial charge on any atom is -0.476 e. The first-order chi connectivity index (χ1) is 8.49. The van der Waals surface area contributed by atoms with Gasteiger partial charge in [0.15, 0.2) is 11.4 Å². The van der Waals surface area contributed by atoms with Crippen LogP contribution in [0.4, 0.5) is 0 Å². The van der Waals surface area contributed by atoms with E-state index in [4.69, 9.17) is 9.52 Å². The smallest absolute Gasteiger partial charge is 0.357 e. The number of hydrogen-bond donors (Lipinski definition) is 1. The van der Waals surface area contributed by atoms with E-state index in [9.17, 15) is 9.59 Å². The molecule has 0 saturated carbocycles. The van der Waals surface area contributed by atoms with E-state index < -0.39 is 5.97 Å². The topological polar surface area (TPSA) is 101 Å². The lowest BCUT2D eigenvalue weighted by Crippen LogP contribution is -2.22. The molecule has 0 aliphatic rings. The molecule has 1 N–H and O–H groups in total. The molecule has 0 bridgehead atoms. The molecule has 0 radical (unpaired) electrons. The molecule has 94 valence electrons. The van der Waals surface area contributed by atoms with E-state index in [0.29, 0.717) is 0 Å². The Morgan fingerprint density at radius 1 is 1.39 bits per heavy atom. The average Bonchev–Trinajstić information content (AvgIpc) is 2.96. The van der Waals surface area contributed by atoms with Crippen molar-refractivity contribution in [2.75, 3.05) is 14.1 Å². The first-order valence-corrected chi connectivity index (χ1v) is 4.95. The Hall–Kier alpha value is -2.64. The fourth-order valence-electron chi connectivity index (χ4n) is 1.24. The third-order valence-electron chi connectivity index (χ3n) is 2.12. The number of rotatable bonds is 3. The van der Waals surface area contributed by atoms with E-state index in [1.807, 2.05) is 0 Å². The van der Waals surface area contributed by atoms with Gasteiger partial charge in [0, 0.05) is 20.3 Å². The third-order valence-corrected chi connectivity index (χ3v) is 2.12. The highest BCUT2D eigenvalue weighted by atomic mass is 16.4. The zero-order valence-electron chi connectivity index (χ0n) is 9.69. The number of carboxylic acid groups (broad SMARTS) is 1. The first-order valence-electron chi connectivity index (χ1n) is 4.95. The van der Waals surface area contributed by atoms with Crippen LogP contribution in [0.5, 0.6) is 0 Å². The van der Waals surface area contributed by atoms with Crippen molar-refractivity contribution in [1.82, 2.24) is 19.7 Å². The predicted molar refractivity (Wildman–Crippen MR) is 58.6 cm³/mol. The van der Waals surface area contributed by atoms with Crippen molar-refractivity contribution in [1.29, 1.82) is 0 Å². The van der Waals surface area contributed by atoms with Crippen molar-refractivity contribution in [3.8, 4) is 6.01 Å². The lowest BCUT2D eigenvalue weighted by molar-refractivity contribution is 0.0690. The second-order valence-electron chi connectivity index (χ2n) is 3.67. The van der Waals surface area contributed by atoms with Gasteiger partial charge in [0.2, 0.25) is 0 Å². The second-order valence-corrected chi connectivity index (χ2v) is 3.67. The molecule has 0 unspecified atom stereocenters. The molecule has 0 aliphatic carbocycles. The van der Waals surface area contributed by atoms with Crippen molar-refractivity contribution in [2.24, 2.45) is 0 Å². The molecule has 0 atom stereocenters. The molecule has 0 aromatic carbocycles. The Morgan fingerprint density at radius 2 is 2.11 bits per heavy atom. The average molecular weight is 250 g/mol. The van der Waals surface area contributed by atoms with Crippen LogP contribution in [0.3, 0.4) is 0 Å². The van der Waals surface area contributed by atoms with Crippen LogP contribution in [0.15, 0.2) is 22.9 Å². The number of aromatic nitrogens is 3. The summed E-state index contributed by atoms with van der Waals surface area (Å²) in [7, 11) is 3.21. The summed E-state index contributed by atoms with van der Waals surface area (Å²) >= 11 is 0. The van der Waals surface area contributed by atoms with Gasteiger partial charge in [0.1, 0.15) is 6.26 Å². The summed E-state index contributed by atoms with van der Waals surface area (Å²) in [5, 5.41) is 12.6. The van der Waals surface area contributed by atoms with Gasteiger partial charge >= 0.3 is 12.0 Å². The van der Waals surface area contributed by atoms with Crippen LogP contribution in [-0.2, 0) is 0 Å². The van der Waals surface area contributed by atoms with Crippen molar-refractivity contribution in [2.45, 2.75) is 0 Å². The highest BCUT2D eigenvalue weighted by Gasteiger charge is 2.15. The van der Waals surface area contributed by atoms with Gasteiger partial charge in [-0.25, -0.2) is 4.79 Å². The largest absolute Gasteiger partial charge is 0.476 e. The number of nitrogens with zero attached hydrogens (tertiary/aromatic N) is 4. The Labute approximate surface area is 101 Å². The summed E-state index contributed by atoms with van der Waals surface area (Å²) < 4.78 is 6.15. The number of aromatic carboxylic acids is 1. The number of carbonyl (C=O) groups is 2. The molecule has 2 rings (SSSR count). The van der Waals surface area contributed by atoms with E-state index in [0.717, 1.165) is 6.26 Å². The molecule has 8 nitrogen and oxygen atoms in total. The van der Waals surface area contributed by atoms with E-state index in [2.05, 4.69) is 10.1 Å². The molecule has 2 aromatic rings. The molecule has 1 amide bonds. The summed E-state index contributed by atoms with van der Waals surface area (Å²) in [5.74, 6) is -1.46. The van der Waals surface area contributed by atoms with Crippen LogP contribution in [0.1, 0.15) is 21.0 Å². The maximum atomic E-state index is 11.6. The van der Waals surface area contributed by atoms with Crippen molar-refractivity contribution < 1.29 is 19.1 Å². The van der Waals surface area contributed by atoms with E-state index in [1.54, 1.807) is 14.1 Å². The Balaban J connectivity index is 2.29. The fraction of sp³-hybridized carbons (Fsp3) is 0.200. The van der Waals surface area contributed by atoms with Crippen LogP contribution in [0.2, 0.25) is 0 Å². The molecule has 0 spiro atoms. The Bertz CT molecular complexity index is 599. The molecule has 0 aliphatic heterocycles. The van der Waals surface area contributed by atoms with Gasteiger partial charge in [-0.1, -0.05) is 0 Å². The Morgan fingerprint density at radius 3 is 2.67 bits per heavy atom. The van der Waals surface area contributed by atoms with E-state index in [-0.39, 0.29) is 23.3 Å². The first kappa shape index (κ1) is 11.8. The van der Waals surface area contributed by atoms with Gasteiger partial charge < -0.3 is 14.4 Å². The van der Waals surface area contributed by atoms with Crippen LogP contribution >= 0.6 is 0 Å². The monoisotopic (exact) mass is 250 g/mol. The van der Waals surface area contributed by atoms with Gasteiger partial charge in [-0.15, -0.1) is 0 Å². The molecule has 0 saturated heterocycles. The van der Waals surface area contributed by atoms with Crippen LogP contribution in [0, 0.1) is 0 Å². The van der Waals surface area contributed by atoms with Crippen molar-refractivity contribution in [3.63, 3.8) is 0 Å². The highest BCUT2D eigenvalue weighted by molar-refractivity contribution is 5.91. The fourth-order valence-corrected chi connectivity index (χ4v) is 1.24. The van der Waals surface area contributed by atoms with E-state index in [1.165, 1.54) is 21.8 Å². The predicted octanol–water partition coefficient (Wildman–Crippen LogP) is 0.260. The number of carboxylic acids is 1. The molecule has 8 heteroatoms. The molecular weight excluding hydrogens is 240 g/mol. The lowest BCUT2D eigenvalue weighted by Gasteiger charge is -2.06.